The highest BCUT2D eigenvalue weighted by atomic mass is 16.5. The van der Waals surface area contributed by atoms with Crippen LogP contribution in [0.4, 0.5) is 0 Å². The first-order valence-corrected chi connectivity index (χ1v) is 6.12. The molecule has 18 heavy (non-hydrogen) atoms. The summed E-state index contributed by atoms with van der Waals surface area (Å²) in [6.45, 7) is 8.81. The fraction of sp³-hybridized carbons (Fsp3) is 0.846. The van der Waals surface area contributed by atoms with Crippen molar-refractivity contribution in [1.29, 1.82) is 0 Å². The summed E-state index contributed by atoms with van der Waals surface area (Å²) in [7, 11) is 0. The van der Waals surface area contributed by atoms with E-state index in [2.05, 4.69) is 0 Å². The van der Waals surface area contributed by atoms with Gasteiger partial charge in [0.1, 0.15) is 13.2 Å². The summed E-state index contributed by atoms with van der Waals surface area (Å²) >= 11 is 0. The Kier molecular flexibility index (Phi) is 8.79. The standard InChI is InChI=1S/C13H24O5/c1-5-16-8-13(4,9-17-6-11(2)14)10-18-7-12(3)15/h5-10H2,1-4H3. The molecular weight excluding hydrogens is 236 g/mol. The average Bonchev–Trinajstić information content (AvgIpc) is 2.25. The Bertz CT molecular complexity index is 242. The van der Waals surface area contributed by atoms with Crippen LogP contribution in [-0.4, -0.2) is 51.2 Å². The van der Waals surface area contributed by atoms with Gasteiger partial charge in [0, 0.05) is 12.0 Å². The lowest BCUT2D eigenvalue weighted by Crippen LogP contribution is -2.35. The number of hydrogen-bond acceptors (Lipinski definition) is 5. The molecule has 0 atom stereocenters. The Labute approximate surface area is 109 Å². The molecule has 0 fully saturated rings. The largest absolute Gasteiger partial charge is 0.381 e. The van der Waals surface area contributed by atoms with E-state index in [0.717, 1.165) is 0 Å². The maximum atomic E-state index is 10.8. The van der Waals surface area contributed by atoms with E-state index in [0.29, 0.717) is 26.4 Å². The second kappa shape index (κ2) is 9.19. The highest BCUT2D eigenvalue weighted by molar-refractivity contribution is 5.77. The minimum Gasteiger partial charge on any atom is -0.381 e. The van der Waals surface area contributed by atoms with Crippen LogP contribution in [0.2, 0.25) is 0 Å². The van der Waals surface area contributed by atoms with Crippen molar-refractivity contribution in [3.8, 4) is 0 Å². The molecule has 0 aliphatic carbocycles. The first kappa shape index (κ1) is 17.2. The molecule has 0 spiro atoms. The predicted octanol–water partition coefficient (Wildman–Crippen LogP) is 1.24. The fourth-order valence-corrected chi connectivity index (χ4v) is 1.36. The van der Waals surface area contributed by atoms with Crippen molar-refractivity contribution in [2.45, 2.75) is 27.7 Å². The summed E-state index contributed by atoms with van der Waals surface area (Å²) in [4.78, 5) is 21.6. The molecule has 0 N–H and O–H groups in total. The van der Waals surface area contributed by atoms with Gasteiger partial charge < -0.3 is 14.2 Å². The summed E-state index contributed by atoms with van der Waals surface area (Å²) in [6, 6.07) is 0. The first-order chi connectivity index (χ1) is 8.39. The number of ketones is 2. The van der Waals surface area contributed by atoms with Gasteiger partial charge in [0.05, 0.1) is 19.8 Å². The highest BCUT2D eigenvalue weighted by Gasteiger charge is 2.26. The van der Waals surface area contributed by atoms with Crippen molar-refractivity contribution in [2.24, 2.45) is 5.41 Å². The smallest absolute Gasteiger partial charge is 0.155 e. The summed E-state index contributed by atoms with van der Waals surface area (Å²) in [6.07, 6.45) is 0. The Morgan fingerprint density at radius 3 is 1.61 bits per heavy atom. The number of Topliss-reactive ketones (excluding diaryl/α,β-unsaturated/α-hetero) is 2. The number of carbonyl (C=O) groups excluding carboxylic acids is 2. The molecule has 5 heteroatoms. The molecule has 0 aliphatic heterocycles. The molecule has 0 unspecified atom stereocenters. The van der Waals surface area contributed by atoms with Gasteiger partial charge in [-0.15, -0.1) is 0 Å². The van der Waals surface area contributed by atoms with Gasteiger partial charge >= 0.3 is 0 Å². The van der Waals surface area contributed by atoms with E-state index >= 15 is 0 Å². The Balaban J connectivity index is 4.13. The van der Waals surface area contributed by atoms with Crippen molar-refractivity contribution in [1.82, 2.24) is 0 Å². The zero-order chi connectivity index (χ0) is 14.0. The van der Waals surface area contributed by atoms with Crippen molar-refractivity contribution in [3.63, 3.8) is 0 Å². The van der Waals surface area contributed by atoms with Gasteiger partial charge in [-0.05, 0) is 20.8 Å². The summed E-state index contributed by atoms with van der Waals surface area (Å²) in [5.74, 6) is -0.0307. The third-order valence-electron chi connectivity index (χ3n) is 2.17. The molecule has 0 radical (unpaired) electrons. The van der Waals surface area contributed by atoms with Crippen LogP contribution in [0.3, 0.4) is 0 Å². The topological polar surface area (TPSA) is 61.8 Å². The number of carbonyl (C=O) groups is 2. The molecular formula is C13H24O5. The van der Waals surface area contributed by atoms with Gasteiger partial charge in [-0.1, -0.05) is 6.92 Å². The van der Waals surface area contributed by atoms with E-state index < -0.39 is 0 Å². The van der Waals surface area contributed by atoms with Crippen LogP contribution >= 0.6 is 0 Å². The number of hydrogen-bond donors (Lipinski definition) is 0. The average molecular weight is 260 g/mol. The summed E-state index contributed by atoms with van der Waals surface area (Å²) in [5.41, 5.74) is -0.346. The lowest BCUT2D eigenvalue weighted by atomic mass is 9.94. The maximum Gasteiger partial charge on any atom is 0.155 e. The van der Waals surface area contributed by atoms with E-state index in [4.69, 9.17) is 14.2 Å². The second-order valence-electron chi connectivity index (χ2n) is 4.84. The maximum absolute atomic E-state index is 10.8. The van der Waals surface area contributed by atoms with Crippen LogP contribution in [0.15, 0.2) is 0 Å². The summed E-state index contributed by atoms with van der Waals surface area (Å²) in [5, 5.41) is 0. The molecule has 0 amide bonds. The fourth-order valence-electron chi connectivity index (χ4n) is 1.36. The molecule has 5 nitrogen and oxygen atoms in total. The minimum atomic E-state index is -0.346. The molecule has 0 saturated carbocycles. The van der Waals surface area contributed by atoms with Crippen molar-refractivity contribution >= 4 is 11.6 Å². The van der Waals surface area contributed by atoms with E-state index in [-0.39, 0.29) is 30.2 Å². The van der Waals surface area contributed by atoms with Gasteiger partial charge in [0.2, 0.25) is 0 Å². The number of rotatable bonds is 11. The van der Waals surface area contributed by atoms with Crippen LogP contribution < -0.4 is 0 Å². The van der Waals surface area contributed by atoms with Gasteiger partial charge in [0.25, 0.3) is 0 Å². The predicted molar refractivity (Wildman–Crippen MR) is 67.6 cm³/mol. The van der Waals surface area contributed by atoms with E-state index in [1.165, 1.54) is 13.8 Å². The quantitative estimate of drug-likeness (QED) is 0.559. The van der Waals surface area contributed by atoms with Crippen molar-refractivity contribution < 1.29 is 23.8 Å². The van der Waals surface area contributed by atoms with Crippen LogP contribution in [0.25, 0.3) is 0 Å². The van der Waals surface area contributed by atoms with E-state index in [9.17, 15) is 9.59 Å². The zero-order valence-corrected chi connectivity index (χ0v) is 11.8. The van der Waals surface area contributed by atoms with Gasteiger partial charge in [-0.25, -0.2) is 0 Å². The Hall–Kier alpha value is -0.780. The van der Waals surface area contributed by atoms with Crippen molar-refractivity contribution in [3.05, 3.63) is 0 Å². The molecule has 0 aromatic heterocycles. The molecule has 0 heterocycles. The van der Waals surface area contributed by atoms with Gasteiger partial charge in [0.15, 0.2) is 11.6 Å². The molecule has 0 aromatic rings. The van der Waals surface area contributed by atoms with Crippen LogP contribution in [-0.2, 0) is 23.8 Å². The molecule has 106 valence electrons. The van der Waals surface area contributed by atoms with Crippen LogP contribution in [0.5, 0.6) is 0 Å². The SMILES string of the molecule is CCOCC(C)(COCC(C)=O)COCC(C)=O. The zero-order valence-electron chi connectivity index (χ0n) is 11.8. The second-order valence-corrected chi connectivity index (χ2v) is 4.84. The number of ether oxygens (including phenoxy) is 3. The molecule has 0 bridgehead atoms. The highest BCUT2D eigenvalue weighted by Crippen LogP contribution is 2.18. The lowest BCUT2D eigenvalue weighted by molar-refractivity contribution is -0.127. The van der Waals surface area contributed by atoms with E-state index in [1.807, 2.05) is 13.8 Å². The third kappa shape index (κ3) is 9.27. The third-order valence-corrected chi connectivity index (χ3v) is 2.17. The van der Waals surface area contributed by atoms with Crippen LogP contribution in [0.1, 0.15) is 27.7 Å². The van der Waals surface area contributed by atoms with Crippen LogP contribution in [0, 0.1) is 5.41 Å². The Morgan fingerprint density at radius 2 is 1.28 bits per heavy atom. The Morgan fingerprint density at radius 1 is 0.889 bits per heavy atom. The van der Waals surface area contributed by atoms with Crippen molar-refractivity contribution in [2.75, 3.05) is 39.6 Å². The molecule has 0 rings (SSSR count). The molecule has 0 aromatic carbocycles. The molecule has 0 saturated heterocycles. The van der Waals surface area contributed by atoms with Gasteiger partial charge in [-0.2, -0.15) is 0 Å². The molecule has 0 aliphatic rings. The first-order valence-electron chi connectivity index (χ1n) is 6.12. The van der Waals surface area contributed by atoms with E-state index in [1.54, 1.807) is 0 Å². The lowest BCUT2D eigenvalue weighted by Gasteiger charge is -2.28. The van der Waals surface area contributed by atoms with Gasteiger partial charge in [-0.3, -0.25) is 9.59 Å². The monoisotopic (exact) mass is 260 g/mol. The minimum absolute atomic E-state index is 0.0154. The summed E-state index contributed by atoms with van der Waals surface area (Å²) < 4.78 is 16.0. The normalized spacial score (nSPS) is 11.6.